The molecule has 0 aliphatic carbocycles. The van der Waals surface area contributed by atoms with E-state index in [4.69, 9.17) is 0 Å². The number of aromatic nitrogens is 1. The van der Waals surface area contributed by atoms with Crippen LogP contribution in [0.3, 0.4) is 0 Å². The number of thiophene rings is 1. The Morgan fingerprint density at radius 3 is 2.61 bits per heavy atom. The molecule has 0 saturated heterocycles. The highest BCUT2D eigenvalue weighted by atomic mass is 32.1. The van der Waals surface area contributed by atoms with Crippen molar-refractivity contribution in [1.82, 2.24) is 9.88 Å². The van der Waals surface area contributed by atoms with Gasteiger partial charge in [-0.15, -0.1) is 24.5 Å². The maximum Gasteiger partial charge on any atom is 0.573 e. The van der Waals surface area contributed by atoms with Gasteiger partial charge in [-0.2, -0.15) is 0 Å². The molecule has 1 aliphatic rings. The predicted octanol–water partition coefficient (Wildman–Crippen LogP) is 4.81. The highest BCUT2D eigenvalue weighted by Gasteiger charge is 2.38. The molecule has 1 unspecified atom stereocenters. The number of carbonyl (C=O) groups excluding carboxylic acids is 1. The molecule has 28 heavy (non-hydrogen) atoms. The smallest absolute Gasteiger partial charge is 0.406 e. The van der Waals surface area contributed by atoms with Gasteiger partial charge in [0.1, 0.15) is 11.9 Å². The third-order valence-electron chi connectivity index (χ3n) is 4.20. The summed E-state index contributed by atoms with van der Waals surface area (Å²) in [6.07, 6.45) is -3.66. The van der Waals surface area contributed by atoms with Crippen LogP contribution in [0.15, 0.2) is 60.1 Å². The molecule has 0 radical (unpaired) electrons. The molecule has 144 valence electrons. The van der Waals surface area contributed by atoms with Gasteiger partial charge in [-0.1, -0.05) is 6.07 Å². The zero-order valence-electron chi connectivity index (χ0n) is 14.3. The van der Waals surface area contributed by atoms with Gasteiger partial charge in [-0.25, -0.2) is 0 Å². The van der Waals surface area contributed by atoms with Crippen molar-refractivity contribution in [2.45, 2.75) is 19.1 Å². The van der Waals surface area contributed by atoms with Crippen LogP contribution in [0.4, 0.5) is 18.9 Å². The van der Waals surface area contributed by atoms with E-state index in [-0.39, 0.29) is 11.7 Å². The number of pyridine rings is 1. The summed E-state index contributed by atoms with van der Waals surface area (Å²) in [6, 6.07) is 12.6. The number of amides is 1. The minimum absolute atomic E-state index is 0.147. The highest BCUT2D eigenvalue weighted by Crippen LogP contribution is 2.35. The number of hydrogen-bond acceptors (Lipinski definition) is 5. The fourth-order valence-electron chi connectivity index (χ4n) is 3.03. The summed E-state index contributed by atoms with van der Waals surface area (Å²) >= 11 is 1.54. The molecule has 0 spiro atoms. The molecule has 1 atom stereocenters. The van der Waals surface area contributed by atoms with E-state index in [1.165, 1.54) is 24.3 Å². The number of rotatable bonds is 5. The van der Waals surface area contributed by atoms with Gasteiger partial charge in [0, 0.05) is 16.8 Å². The van der Waals surface area contributed by atoms with Gasteiger partial charge in [0.05, 0.1) is 17.8 Å². The topological polar surface area (TPSA) is 54.5 Å². The summed E-state index contributed by atoms with van der Waals surface area (Å²) in [5.41, 5.74) is 1.63. The van der Waals surface area contributed by atoms with Crippen molar-refractivity contribution in [3.05, 3.63) is 76.2 Å². The molecule has 4 rings (SSSR count). The number of fused-ring (bicyclic) bond motifs is 1. The van der Waals surface area contributed by atoms with Gasteiger partial charge in [-0.3, -0.25) is 9.78 Å². The summed E-state index contributed by atoms with van der Waals surface area (Å²) in [7, 11) is 0. The molecular formula is C19H14F3N3O2S. The third-order valence-corrected chi connectivity index (χ3v) is 5.06. The van der Waals surface area contributed by atoms with Crippen molar-refractivity contribution in [3.8, 4) is 5.75 Å². The number of nitrogens with one attached hydrogen (secondary N) is 1. The Bertz CT molecular complexity index is 975. The molecule has 0 fully saturated rings. The maximum atomic E-state index is 12.8. The molecule has 1 N–H and O–H groups in total. The van der Waals surface area contributed by atoms with Crippen LogP contribution >= 0.6 is 11.3 Å². The van der Waals surface area contributed by atoms with Crippen LogP contribution < -0.4 is 10.1 Å². The van der Waals surface area contributed by atoms with Crippen LogP contribution in [-0.2, 0) is 6.54 Å². The van der Waals surface area contributed by atoms with E-state index in [0.717, 1.165) is 4.88 Å². The monoisotopic (exact) mass is 405 g/mol. The van der Waals surface area contributed by atoms with Crippen LogP contribution in [-0.4, -0.2) is 22.2 Å². The lowest BCUT2D eigenvalue weighted by Crippen LogP contribution is -2.31. The molecule has 0 bridgehead atoms. The fourth-order valence-corrected chi connectivity index (χ4v) is 3.73. The molecule has 0 saturated carbocycles. The van der Waals surface area contributed by atoms with E-state index in [0.29, 0.717) is 23.5 Å². The molecule has 3 heterocycles. The summed E-state index contributed by atoms with van der Waals surface area (Å²) < 4.78 is 40.8. The van der Waals surface area contributed by atoms with Gasteiger partial charge in [-0.05, 0) is 47.8 Å². The normalized spacial score (nSPS) is 16.2. The molecular weight excluding hydrogens is 391 g/mol. The number of anilines is 1. The number of alkyl halides is 3. The van der Waals surface area contributed by atoms with Crippen molar-refractivity contribution in [2.75, 3.05) is 5.32 Å². The molecule has 1 amide bonds. The Hall–Kier alpha value is -3.07. The second-order valence-electron chi connectivity index (χ2n) is 6.07. The second-order valence-corrected chi connectivity index (χ2v) is 7.10. The van der Waals surface area contributed by atoms with E-state index in [1.807, 2.05) is 17.5 Å². The zero-order valence-corrected chi connectivity index (χ0v) is 15.1. The first-order valence-corrected chi connectivity index (χ1v) is 9.19. The van der Waals surface area contributed by atoms with Gasteiger partial charge >= 0.3 is 6.36 Å². The standard InChI is InChI=1S/C19H14F3N3O2S/c20-19(21,22)27-13-7-5-12(6-8-13)24-17-16-15(4-1-9-23-16)18(26)25(17)11-14-3-2-10-28-14/h1-10,17,24H,11H2. The lowest BCUT2D eigenvalue weighted by atomic mass is 10.2. The molecule has 3 aromatic rings. The molecule has 2 aromatic heterocycles. The van der Waals surface area contributed by atoms with Crippen molar-refractivity contribution in [2.24, 2.45) is 0 Å². The minimum Gasteiger partial charge on any atom is -0.406 e. The fraction of sp³-hybridized carbons (Fsp3) is 0.158. The van der Waals surface area contributed by atoms with Crippen LogP contribution in [0, 0.1) is 0 Å². The lowest BCUT2D eigenvalue weighted by Gasteiger charge is -2.26. The van der Waals surface area contributed by atoms with Crippen LogP contribution in [0.2, 0.25) is 0 Å². The first-order chi connectivity index (χ1) is 13.4. The predicted molar refractivity (Wildman–Crippen MR) is 97.9 cm³/mol. The number of hydrogen-bond donors (Lipinski definition) is 1. The van der Waals surface area contributed by atoms with Crippen LogP contribution in [0.1, 0.15) is 27.1 Å². The second kappa shape index (κ2) is 7.16. The molecule has 9 heteroatoms. The Morgan fingerprint density at radius 1 is 1.14 bits per heavy atom. The Morgan fingerprint density at radius 2 is 1.93 bits per heavy atom. The zero-order chi connectivity index (χ0) is 19.7. The number of ether oxygens (including phenoxy) is 1. The minimum atomic E-state index is -4.74. The Labute approximate surface area is 162 Å². The highest BCUT2D eigenvalue weighted by molar-refractivity contribution is 7.09. The summed E-state index contributed by atoms with van der Waals surface area (Å²) in [5, 5.41) is 5.12. The number of carbonyl (C=O) groups is 1. The Balaban J connectivity index is 1.59. The van der Waals surface area contributed by atoms with Gasteiger partial charge in [0.25, 0.3) is 5.91 Å². The molecule has 5 nitrogen and oxygen atoms in total. The summed E-state index contributed by atoms with van der Waals surface area (Å²) in [6.45, 7) is 0.403. The first kappa shape index (κ1) is 18.3. The number of halogens is 3. The Kier molecular flexibility index (Phi) is 4.68. The van der Waals surface area contributed by atoms with E-state index < -0.39 is 12.5 Å². The first-order valence-electron chi connectivity index (χ1n) is 8.31. The molecule has 1 aliphatic heterocycles. The van der Waals surface area contributed by atoms with Crippen LogP contribution in [0.25, 0.3) is 0 Å². The number of benzene rings is 1. The van der Waals surface area contributed by atoms with E-state index >= 15 is 0 Å². The lowest BCUT2D eigenvalue weighted by molar-refractivity contribution is -0.274. The van der Waals surface area contributed by atoms with Gasteiger partial charge in [0.15, 0.2) is 0 Å². The largest absolute Gasteiger partial charge is 0.573 e. The average Bonchev–Trinajstić information content (AvgIpc) is 3.25. The summed E-state index contributed by atoms with van der Waals surface area (Å²) in [4.78, 5) is 19.8. The van der Waals surface area contributed by atoms with Crippen molar-refractivity contribution in [3.63, 3.8) is 0 Å². The van der Waals surface area contributed by atoms with Crippen LogP contribution in [0.5, 0.6) is 5.75 Å². The third kappa shape index (κ3) is 3.79. The van der Waals surface area contributed by atoms with Gasteiger partial charge in [0.2, 0.25) is 0 Å². The molecule has 1 aromatic carbocycles. The van der Waals surface area contributed by atoms with Gasteiger partial charge < -0.3 is 15.0 Å². The van der Waals surface area contributed by atoms with E-state index in [2.05, 4.69) is 15.0 Å². The maximum absolute atomic E-state index is 12.8. The quantitative estimate of drug-likeness (QED) is 0.662. The number of nitrogens with zero attached hydrogens (tertiary/aromatic N) is 2. The average molecular weight is 405 g/mol. The summed E-state index contributed by atoms with van der Waals surface area (Å²) in [5.74, 6) is -0.458. The SMILES string of the molecule is O=C1c2cccnc2C(Nc2ccc(OC(F)(F)F)cc2)N1Cc1cccs1. The van der Waals surface area contributed by atoms with Crippen molar-refractivity contribution < 1.29 is 22.7 Å². The van der Waals surface area contributed by atoms with E-state index in [9.17, 15) is 18.0 Å². The van der Waals surface area contributed by atoms with E-state index in [1.54, 1.807) is 34.6 Å². The van der Waals surface area contributed by atoms with Crippen molar-refractivity contribution in [1.29, 1.82) is 0 Å². The van der Waals surface area contributed by atoms with Crippen molar-refractivity contribution >= 4 is 22.9 Å².